The highest BCUT2D eigenvalue weighted by Crippen LogP contribution is 2.17. The predicted molar refractivity (Wildman–Crippen MR) is 97.9 cm³/mol. The number of allylic oxidation sites excluding steroid dienone is 4. The van der Waals surface area contributed by atoms with Gasteiger partial charge in [-0.15, -0.1) is 0 Å². The average Bonchev–Trinajstić information content (AvgIpc) is 2.59. The zero-order valence-corrected chi connectivity index (χ0v) is 14.0. The third kappa shape index (κ3) is 4.02. The standard InChI is InChI=1S/C20H23N3O/c1-23-19(24)14-18(22-20(23)21)13-17-9-5-8-16(12-17)11-10-15-6-3-2-4-7-15/h3,5-9,12,14H,2,4,10-11,13H2,1H3,(H2,21,22). The summed E-state index contributed by atoms with van der Waals surface area (Å²) >= 11 is 0. The molecular weight excluding hydrogens is 298 g/mol. The Morgan fingerprint density at radius 1 is 1.17 bits per heavy atom. The van der Waals surface area contributed by atoms with Crippen molar-refractivity contribution in [2.75, 3.05) is 5.73 Å². The third-order valence-electron chi connectivity index (χ3n) is 4.37. The van der Waals surface area contributed by atoms with Gasteiger partial charge in [-0.2, -0.15) is 0 Å². The van der Waals surface area contributed by atoms with E-state index in [2.05, 4.69) is 47.5 Å². The molecule has 0 unspecified atom stereocenters. The normalized spacial score (nSPS) is 13.8. The molecule has 4 heteroatoms. The molecule has 0 bridgehead atoms. The zero-order valence-electron chi connectivity index (χ0n) is 14.0. The van der Waals surface area contributed by atoms with Crippen LogP contribution in [0.5, 0.6) is 0 Å². The van der Waals surface area contributed by atoms with Crippen LogP contribution in [0.2, 0.25) is 0 Å². The summed E-state index contributed by atoms with van der Waals surface area (Å²) in [6.07, 6.45) is 11.8. The van der Waals surface area contributed by atoms with Gasteiger partial charge in [0.15, 0.2) is 0 Å². The minimum absolute atomic E-state index is 0.121. The molecule has 0 saturated heterocycles. The molecule has 0 aliphatic heterocycles. The first-order valence-electron chi connectivity index (χ1n) is 8.37. The molecule has 24 heavy (non-hydrogen) atoms. The van der Waals surface area contributed by atoms with Gasteiger partial charge in [-0.25, -0.2) is 4.98 Å². The molecule has 124 valence electrons. The Morgan fingerprint density at radius 2 is 2.00 bits per heavy atom. The van der Waals surface area contributed by atoms with Crippen LogP contribution in [0, 0.1) is 0 Å². The van der Waals surface area contributed by atoms with Crippen molar-refractivity contribution >= 4 is 5.95 Å². The number of nitrogens with two attached hydrogens (primary N) is 1. The minimum Gasteiger partial charge on any atom is -0.369 e. The van der Waals surface area contributed by atoms with Crippen LogP contribution >= 0.6 is 0 Å². The fourth-order valence-electron chi connectivity index (χ4n) is 2.94. The van der Waals surface area contributed by atoms with Crippen LogP contribution in [0.25, 0.3) is 0 Å². The first kappa shape index (κ1) is 16.2. The van der Waals surface area contributed by atoms with Gasteiger partial charge in [0.2, 0.25) is 5.95 Å². The Hall–Kier alpha value is -2.62. The second kappa shape index (κ2) is 7.30. The van der Waals surface area contributed by atoms with Crippen molar-refractivity contribution in [3.05, 3.63) is 81.3 Å². The van der Waals surface area contributed by atoms with Gasteiger partial charge in [0.1, 0.15) is 0 Å². The molecule has 1 aliphatic rings. The largest absolute Gasteiger partial charge is 0.369 e. The van der Waals surface area contributed by atoms with E-state index in [-0.39, 0.29) is 11.5 Å². The number of nitrogen functional groups attached to an aromatic ring is 1. The van der Waals surface area contributed by atoms with Crippen LogP contribution in [0.3, 0.4) is 0 Å². The van der Waals surface area contributed by atoms with Crippen LogP contribution in [-0.4, -0.2) is 9.55 Å². The molecule has 0 saturated carbocycles. The molecule has 1 aliphatic carbocycles. The summed E-state index contributed by atoms with van der Waals surface area (Å²) < 4.78 is 1.35. The van der Waals surface area contributed by atoms with Gasteiger partial charge in [-0.05, 0) is 36.8 Å². The Balaban J connectivity index is 1.70. The van der Waals surface area contributed by atoms with Crippen LogP contribution in [0.1, 0.15) is 36.1 Å². The van der Waals surface area contributed by atoms with Gasteiger partial charge in [0, 0.05) is 19.5 Å². The Labute approximate surface area is 142 Å². The van der Waals surface area contributed by atoms with Gasteiger partial charge >= 0.3 is 0 Å². The second-order valence-electron chi connectivity index (χ2n) is 6.26. The first-order chi connectivity index (χ1) is 11.6. The Bertz CT molecular complexity index is 846. The number of aromatic nitrogens is 2. The van der Waals surface area contributed by atoms with Crippen molar-refractivity contribution in [3.63, 3.8) is 0 Å². The van der Waals surface area contributed by atoms with E-state index in [1.165, 1.54) is 15.7 Å². The molecule has 1 heterocycles. The van der Waals surface area contributed by atoms with Gasteiger partial charge in [0.25, 0.3) is 5.56 Å². The topological polar surface area (TPSA) is 60.9 Å². The molecule has 1 aromatic carbocycles. The first-order valence-corrected chi connectivity index (χ1v) is 8.37. The molecule has 4 nitrogen and oxygen atoms in total. The van der Waals surface area contributed by atoms with Crippen LogP contribution in [0.4, 0.5) is 5.95 Å². The number of aryl methyl sites for hydroxylation is 1. The van der Waals surface area contributed by atoms with Crippen LogP contribution < -0.4 is 11.3 Å². The second-order valence-corrected chi connectivity index (χ2v) is 6.26. The van der Waals surface area contributed by atoms with Crippen molar-refractivity contribution in [2.45, 2.75) is 32.1 Å². The average molecular weight is 321 g/mol. The maximum Gasteiger partial charge on any atom is 0.254 e. The lowest BCUT2D eigenvalue weighted by molar-refractivity contribution is 0.824. The summed E-state index contributed by atoms with van der Waals surface area (Å²) in [6, 6.07) is 10.0. The summed E-state index contributed by atoms with van der Waals surface area (Å²) in [4.78, 5) is 16.1. The highest BCUT2D eigenvalue weighted by molar-refractivity contribution is 5.30. The molecular formula is C20H23N3O. The third-order valence-corrected chi connectivity index (χ3v) is 4.37. The monoisotopic (exact) mass is 321 g/mol. The fourth-order valence-corrected chi connectivity index (χ4v) is 2.94. The number of anilines is 1. The van der Waals surface area contributed by atoms with E-state index in [0.717, 1.165) is 31.2 Å². The summed E-state index contributed by atoms with van der Waals surface area (Å²) in [5, 5.41) is 0. The lowest BCUT2D eigenvalue weighted by atomic mass is 9.98. The molecule has 2 aromatic rings. The Morgan fingerprint density at radius 3 is 2.75 bits per heavy atom. The molecule has 0 atom stereocenters. The molecule has 2 N–H and O–H groups in total. The number of hydrogen-bond acceptors (Lipinski definition) is 3. The molecule has 0 amide bonds. The van der Waals surface area contributed by atoms with E-state index in [1.54, 1.807) is 13.1 Å². The van der Waals surface area contributed by atoms with Crippen molar-refractivity contribution in [1.82, 2.24) is 9.55 Å². The molecule has 3 rings (SSSR count). The lowest BCUT2D eigenvalue weighted by Gasteiger charge is -2.09. The number of hydrogen-bond donors (Lipinski definition) is 1. The van der Waals surface area contributed by atoms with E-state index in [0.29, 0.717) is 12.1 Å². The number of rotatable bonds is 5. The van der Waals surface area contributed by atoms with Gasteiger partial charge < -0.3 is 5.73 Å². The highest BCUT2D eigenvalue weighted by atomic mass is 16.1. The van der Waals surface area contributed by atoms with Crippen LogP contribution in [0.15, 0.2) is 58.9 Å². The molecule has 0 fully saturated rings. The quantitative estimate of drug-likeness (QED) is 0.920. The predicted octanol–water partition coefficient (Wildman–Crippen LogP) is 3.16. The maximum atomic E-state index is 11.8. The van der Waals surface area contributed by atoms with Crippen molar-refractivity contribution in [1.29, 1.82) is 0 Å². The van der Waals surface area contributed by atoms with Crippen molar-refractivity contribution in [3.8, 4) is 0 Å². The minimum atomic E-state index is -0.121. The summed E-state index contributed by atoms with van der Waals surface area (Å²) in [7, 11) is 1.63. The molecule has 0 spiro atoms. The maximum absolute atomic E-state index is 11.8. The lowest BCUT2D eigenvalue weighted by Crippen LogP contribution is -2.21. The summed E-state index contributed by atoms with van der Waals surface area (Å²) in [5.41, 5.74) is 10.3. The molecule has 1 aromatic heterocycles. The smallest absolute Gasteiger partial charge is 0.254 e. The number of nitrogens with zero attached hydrogens (tertiary/aromatic N) is 2. The van der Waals surface area contributed by atoms with Crippen LogP contribution in [-0.2, 0) is 19.9 Å². The zero-order chi connectivity index (χ0) is 16.9. The van der Waals surface area contributed by atoms with E-state index in [4.69, 9.17) is 5.73 Å². The number of benzene rings is 1. The SMILES string of the molecule is Cn1c(N)nc(Cc2cccc(CCC3=CCCC=C3)c2)cc1=O. The van der Waals surface area contributed by atoms with E-state index >= 15 is 0 Å². The van der Waals surface area contributed by atoms with Gasteiger partial charge in [-0.1, -0.05) is 48.1 Å². The van der Waals surface area contributed by atoms with Crippen molar-refractivity contribution < 1.29 is 0 Å². The van der Waals surface area contributed by atoms with E-state index < -0.39 is 0 Å². The van der Waals surface area contributed by atoms with E-state index in [9.17, 15) is 4.79 Å². The fraction of sp³-hybridized carbons (Fsp3) is 0.300. The Kier molecular flexibility index (Phi) is 4.94. The van der Waals surface area contributed by atoms with E-state index in [1.807, 2.05) is 0 Å². The summed E-state index contributed by atoms with van der Waals surface area (Å²) in [5.74, 6) is 0.254. The van der Waals surface area contributed by atoms with Crippen molar-refractivity contribution in [2.24, 2.45) is 7.05 Å². The van der Waals surface area contributed by atoms with Gasteiger partial charge in [-0.3, -0.25) is 9.36 Å². The van der Waals surface area contributed by atoms with Gasteiger partial charge in [0.05, 0.1) is 5.69 Å². The summed E-state index contributed by atoms with van der Waals surface area (Å²) in [6.45, 7) is 0. The molecule has 0 radical (unpaired) electrons. The highest BCUT2D eigenvalue weighted by Gasteiger charge is 2.05.